The number of aryl methyl sites for hydroxylation is 2. The van der Waals surface area contributed by atoms with E-state index in [0.717, 1.165) is 36.7 Å². The van der Waals surface area contributed by atoms with E-state index < -0.39 is 0 Å². The molecule has 2 aromatic rings. The first-order chi connectivity index (χ1) is 12.1. The molecule has 0 saturated carbocycles. The van der Waals surface area contributed by atoms with Gasteiger partial charge in [-0.2, -0.15) is 0 Å². The molecule has 0 saturated heterocycles. The summed E-state index contributed by atoms with van der Waals surface area (Å²) in [5.74, 6) is 2.49. The van der Waals surface area contributed by atoms with Crippen molar-refractivity contribution in [3.63, 3.8) is 0 Å². The Bertz CT molecular complexity index is 793. The summed E-state index contributed by atoms with van der Waals surface area (Å²) >= 11 is 0. The molecule has 5 nitrogen and oxygen atoms in total. The molecule has 0 N–H and O–H groups in total. The van der Waals surface area contributed by atoms with Crippen LogP contribution in [0.5, 0.6) is 0 Å². The van der Waals surface area contributed by atoms with Gasteiger partial charge in [0.2, 0.25) is 5.91 Å². The van der Waals surface area contributed by atoms with Gasteiger partial charge in [-0.15, -0.1) is 10.2 Å². The van der Waals surface area contributed by atoms with Gasteiger partial charge in [-0.25, -0.2) is 0 Å². The van der Waals surface area contributed by atoms with Gasteiger partial charge in [0, 0.05) is 19.0 Å². The van der Waals surface area contributed by atoms with Crippen molar-refractivity contribution >= 4 is 5.91 Å². The molecule has 0 bridgehead atoms. The molecule has 0 fully saturated rings. The van der Waals surface area contributed by atoms with Crippen molar-refractivity contribution in [2.75, 3.05) is 6.54 Å². The van der Waals surface area contributed by atoms with Crippen LogP contribution in [0.4, 0.5) is 0 Å². The van der Waals surface area contributed by atoms with Crippen LogP contribution in [0.2, 0.25) is 0 Å². The van der Waals surface area contributed by atoms with Crippen LogP contribution in [-0.2, 0) is 37.1 Å². The Morgan fingerprint density at radius 2 is 1.92 bits per heavy atom. The largest absolute Gasteiger partial charge is 0.333 e. The summed E-state index contributed by atoms with van der Waals surface area (Å²) < 4.78 is 2.17. The number of hydrogen-bond acceptors (Lipinski definition) is 3. The lowest BCUT2D eigenvalue weighted by atomic mass is 9.90. The third-order valence-corrected chi connectivity index (χ3v) is 5.42. The normalized spacial score (nSPS) is 16.7. The van der Waals surface area contributed by atoms with Crippen molar-refractivity contribution in [1.29, 1.82) is 0 Å². The second kappa shape index (κ2) is 6.62. The lowest BCUT2D eigenvalue weighted by Gasteiger charge is -2.28. The SMILES string of the molecule is CC(C)c1nnc2n1CCN(C(=O)Cc1ccc3c(c1)CCCC3)C2. The van der Waals surface area contributed by atoms with E-state index in [2.05, 4.69) is 46.8 Å². The van der Waals surface area contributed by atoms with Crippen LogP contribution in [0.15, 0.2) is 18.2 Å². The van der Waals surface area contributed by atoms with Gasteiger partial charge < -0.3 is 9.47 Å². The maximum Gasteiger partial charge on any atom is 0.227 e. The number of aromatic nitrogens is 3. The molecule has 5 heteroatoms. The minimum atomic E-state index is 0.191. The van der Waals surface area contributed by atoms with E-state index in [1.807, 2.05) is 4.90 Å². The highest BCUT2D eigenvalue weighted by Gasteiger charge is 2.25. The van der Waals surface area contributed by atoms with Crippen molar-refractivity contribution in [2.45, 2.75) is 65.0 Å². The predicted molar refractivity (Wildman–Crippen MR) is 96.3 cm³/mol. The summed E-state index contributed by atoms with van der Waals surface area (Å²) in [6.07, 6.45) is 5.38. The van der Waals surface area contributed by atoms with Crippen molar-refractivity contribution < 1.29 is 4.79 Å². The minimum Gasteiger partial charge on any atom is -0.333 e. The van der Waals surface area contributed by atoms with E-state index in [1.165, 1.54) is 30.4 Å². The number of benzene rings is 1. The quantitative estimate of drug-likeness (QED) is 0.865. The molecule has 1 aliphatic carbocycles. The highest BCUT2D eigenvalue weighted by molar-refractivity contribution is 5.79. The second-order valence-electron chi connectivity index (χ2n) is 7.58. The maximum absolute atomic E-state index is 12.8. The molecule has 25 heavy (non-hydrogen) atoms. The highest BCUT2D eigenvalue weighted by atomic mass is 16.2. The molecule has 4 rings (SSSR count). The van der Waals surface area contributed by atoms with E-state index in [0.29, 0.717) is 18.9 Å². The molecule has 132 valence electrons. The molecule has 1 aromatic heterocycles. The van der Waals surface area contributed by atoms with Crippen molar-refractivity contribution in [3.8, 4) is 0 Å². The molecule has 0 spiro atoms. The van der Waals surface area contributed by atoms with Gasteiger partial charge in [0.25, 0.3) is 0 Å². The van der Waals surface area contributed by atoms with Gasteiger partial charge in [0.15, 0.2) is 5.82 Å². The number of rotatable bonds is 3. The standard InChI is InChI=1S/C20H26N4O/c1-14(2)20-22-21-18-13-23(9-10-24(18)20)19(25)12-15-7-8-16-5-3-4-6-17(16)11-15/h7-8,11,14H,3-6,9-10,12-13H2,1-2H3. The number of carbonyl (C=O) groups excluding carboxylic acids is 1. The fraction of sp³-hybridized carbons (Fsp3) is 0.550. The first-order valence-corrected chi connectivity index (χ1v) is 9.42. The van der Waals surface area contributed by atoms with Crippen LogP contribution in [0, 0.1) is 0 Å². The second-order valence-corrected chi connectivity index (χ2v) is 7.58. The lowest BCUT2D eigenvalue weighted by Crippen LogP contribution is -2.39. The first-order valence-electron chi connectivity index (χ1n) is 9.42. The number of carbonyl (C=O) groups is 1. The molecule has 2 aliphatic rings. The molecule has 1 aliphatic heterocycles. The average molecular weight is 338 g/mol. The molecule has 1 aromatic carbocycles. The first kappa shape index (κ1) is 16.3. The molecule has 0 radical (unpaired) electrons. The summed E-state index contributed by atoms with van der Waals surface area (Å²) in [6.45, 7) is 6.37. The smallest absolute Gasteiger partial charge is 0.227 e. The van der Waals surface area contributed by atoms with Crippen LogP contribution in [0.25, 0.3) is 0 Å². The minimum absolute atomic E-state index is 0.191. The third-order valence-electron chi connectivity index (χ3n) is 5.42. The number of nitrogens with zero attached hydrogens (tertiary/aromatic N) is 4. The molecular weight excluding hydrogens is 312 g/mol. The summed E-state index contributed by atoms with van der Waals surface area (Å²) in [6, 6.07) is 6.60. The zero-order valence-corrected chi connectivity index (χ0v) is 15.2. The van der Waals surface area contributed by atoms with Crippen molar-refractivity contribution in [2.24, 2.45) is 0 Å². The molecular formula is C20H26N4O. The Morgan fingerprint density at radius 3 is 2.72 bits per heavy atom. The Morgan fingerprint density at radius 1 is 1.12 bits per heavy atom. The van der Waals surface area contributed by atoms with Crippen LogP contribution < -0.4 is 0 Å². The van der Waals surface area contributed by atoms with Gasteiger partial charge in [-0.3, -0.25) is 4.79 Å². The Kier molecular flexibility index (Phi) is 4.32. The Labute approximate surface area is 149 Å². The molecule has 0 unspecified atom stereocenters. The van der Waals surface area contributed by atoms with Crippen LogP contribution in [-0.4, -0.2) is 32.1 Å². The number of fused-ring (bicyclic) bond motifs is 2. The van der Waals surface area contributed by atoms with Gasteiger partial charge >= 0.3 is 0 Å². The zero-order chi connectivity index (χ0) is 17.4. The van der Waals surface area contributed by atoms with E-state index in [1.54, 1.807) is 0 Å². The summed E-state index contributed by atoms with van der Waals surface area (Å²) in [5.41, 5.74) is 4.05. The maximum atomic E-state index is 12.8. The van der Waals surface area contributed by atoms with Crippen LogP contribution in [0.1, 0.15) is 60.9 Å². The summed E-state index contributed by atoms with van der Waals surface area (Å²) in [5, 5.41) is 8.59. The molecule has 2 heterocycles. The average Bonchev–Trinajstić information content (AvgIpc) is 3.05. The van der Waals surface area contributed by atoms with E-state index in [4.69, 9.17) is 0 Å². The van der Waals surface area contributed by atoms with Gasteiger partial charge in [0.05, 0.1) is 13.0 Å². The Balaban J connectivity index is 1.45. The lowest BCUT2D eigenvalue weighted by molar-refractivity contribution is -0.132. The highest BCUT2D eigenvalue weighted by Crippen LogP contribution is 2.23. The summed E-state index contributed by atoms with van der Waals surface area (Å²) in [7, 11) is 0. The van der Waals surface area contributed by atoms with Crippen LogP contribution >= 0.6 is 0 Å². The van der Waals surface area contributed by atoms with Crippen LogP contribution in [0.3, 0.4) is 0 Å². The Hall–Kier alpha value is -2.17. The number of amides is 1. The molecule has 0 atom stereocenters. The zero-order valence-electron chi connectivity index (χ0n) is 15.2. The van der Waals surface area contributed by atoms with E-state index in [9.17, 15) is 4.79 Å². The monoisotopic (exact) mass is 338 g/mol. The fourth-order valence-corrected chi connectivity index (χ4v) is 4.00. The molecule has 1 amide bonds. The third kappa shape index (κ3) is 3.20. The van der Waals surface area contributed by atoms with E-state index in [-0.39, 0.29) is 5.91 Å². The summed E-state index contributed by atoms with van der Waals surface area (Å²) in [4.78, 5) is 14.7. The van der Waals surface area contributed by atoms with Crippen molar-refractivity contribution in [3.05, 3.63) is 46.5 Å². The topological polar surface area (TPSA) is 51.0 Å². The van der Waals surface area contributed by atoms with Gasteiger partial charge in [-0.1, -0.05) is 32.0 Å². The van der Waals surface area contributed by atoms with Crippen molar-refractivity contribution in [1.82, 2.24) is 19.7 Å². The van der Waals surface area contributed by atoms with E-state index >= 15 is 0 Å². The van der Waals surface area contributed by atoms with Gasteiger partial charge in [0.1, 0.15) is 5.82 Å². The number of hydrogen-bond donors (Lipinski definition) is 0. The predicted octanol–water partition coefficient (Wildman–Crippen LogP) is 2.87. The fourth-order valence-electron chi connectivity index (χ4n) is 4.00. The van der Waals surface area contributed by atoms with Gasteiger partial charge in [-0.05, 0) is 42.4 Å².